The maximum Gasteiger partial charge on any atom is 0.276 e. The van der Waals surface area contributed by atoms with Crippen molar-refractivity contribution in [3.05, 3.63) is 95.2 Å². The third-order valence-corrected chi connectivity index (χ3v) is 4.04. The Morgan fingerprint density at radius 1 is 0.862 bits per heavy atom. The van der Waals surface area contributed by atoms with Gasteiger partial charge in [-0.2, -0.15) is 5.10 Å². The number of carbonyl (C=O) groups excluding carboxylic acids is 1. The van der Waals surface area contributed by atoms with Crippen molar-refractivity contribution in [1.82, 2.24) is 20.2 Å². The molecule has 8 heteroatoms. The van der Waals surface area contributed by atoms with Gasteiger partial charge in [-0.1, -0.05) is 36.4 Å². The fourth-order valence-electron chi connectivity index (χ4n) is 2.68. The number of nitrogens with one attached hydrogen (secondary N) is 3. The van der Waals surface area contributed by atoms with Crippen molar-refractivity contribution in [3.8, 4) is 11.3 Å². The highest BCUT2D eigenvalue weighted by molar-refractivity contribution is 6.02. The summed E-state index contributed by atoms with van der Waals surface area (Å²) in [7, 11) is 0. The van der Waals surface area contributed by atoms with Crippen molar-refractivity contribution in [2.75, 3.05) is 10.6 Å². The SMILES string of the molecule is O=C(Nc1cccc(Nc2cc(-c3ccccc3)ncn2)c1)c1ccc(=O)[nH]n1. The summed E-state index contributed by atoms with van der Waals surface area (Å²) in [4.78, 5) is 31.9. The summed E-state index contributed by atoms with van der Waals surface area (Å²) in [5.41, 5.74) is 2.86. The summed E-state index contributed by atoms with van der Waals surface area (Å²) >= 11 is 0. The van der Waals surface area contributed by atoms with Crippen LogP contribution in [0.4, 0.5) is 17.2 Å². The Labute approximate surface area is 165 Å². The Hall–Kier alpha value is -4.33. The zero-order valence-electron chi connectivity index (χ0n) is 15.2. The van der Waals surface area contributed by atoms with Gasteiger partial charge in [-0.3, -0.25) is 9.59 Å². The van der Waals surface area contributed by atoms with Crippen LogP contribution < -0.4 is 16.2 Å². The molecule has 0 saturated carbocycles. The lowest BCUT2D eigenvalue weighted by molar-refractivity contribution is 0.102. The lowest BCUT2D eigenvalue weighted by Gasteiger charge is -2.09. The first-order valence-electron chi connectivity index (χ1n) is 8.79. The second-order valence-corrected chi connectivity index (χ2v) is 6.12. The number of amides is 1. The number of hydrogen-bond donors (Lipinski definition) is 3. The van der Waals surface area contributed by atoms with Crippen molar-refractivity contribution in [3.63, 3.8) is 0 Å². The topological polar surface area (TPSA) is 113 Å². The second kappa shape index (κ2) is 8.13. The molecular weight excluding hydrogens is 368 g/mol. The molecule has 0 fully saturated rings. The molecule has 29 heavy (non-hydrogen) atoms. The van der Waals surface area contributed by atoms with Gasteiger partial charge in [0, 0.05) is 29.1 Å². The van der Waals surface area contributed by atoms with Gasteiger partial charge in [0.15, 0.2) is 0 Å². The molecule has 3 N–H and O–H groups in total. The van der Waals surface area contributed by atoms with Crippen LogP contribution in [0, 0.1) is 0 Å². The maximum atomic E-state index is 12.3. The summed E-state index contributed by atoms with van der Waals surface area (Å²) < 4.78 is 0. The van der Waals surface area contributed by atoms with Crippen molar-refractivity contribution in [1.29, 1.82) is 0 Å². The molecule has 0 atom stereocenters. The van der Waals surface area contributed by atoms with Crippen molar-refractivity contribution in [2.45, 2.75) is 0 Å². The molecule has 4 rings (SSSR count). The van der Waals surface area contributed by atoms with Crippen LogP contribution in [-0.4, -0.2) is 26.1 Å². The van der Waals surface area contributed by atoms with E-state index in [1.165, 1.54) is 18.5 Å². The number of benzene rings is 2. The summed E-state index contributed by atoms with van der Waals surface area (Å²) in [5, 5.41) is 11.9. The maximum absolute atomic E-state index is 12.3. The first kappa shape index (κ1) is 18.1. The van der Waals surface area contributed by atoms with Gasteiger partial charge in [-0.05, 0) is 24.3 Å². The molecule has 8 nitrogen and oxygen atoms in total. The van der Waals surface area contributed by atoms with Gasteiger partial charge in [0.05, 0.1) is 5.69 Å². The number of aromatic nitrogens is 4. The highest BCUT2D eigenvalue weighted by atomic mass is 16.2. The van der Waals surface area contributed by atoms with Gasteiger partial charge in [0.1, 0.15) is 17.8 Å². The number of aromatic amines is 1. The molecule has 2 aromatic heterocycles. The first-order chi connectivity index (χ1) is 14.2. The minimum absolute atomic E-state index is 0.117. The number of H-pyrrole nitrogens is 1. The molecule has 0 aliphatic heterocycles. The van der Waals surface area contributed by atoms with E-state index in [0.29, 0.717) is 11.5 Å². The quantitative estimate of drug-likeness (QED) is 0.487. The van der Waals surface area contributed by atoms with E-state index in [2.05, 4.69) is 30.8 Å². The summed E-state index contributed by atoms with van der Waals surface area (Å²) in [6.45, 7) is 0. The van der Waals surface area contributed by atoms with Gasteiger partial charge < -0.3 is 10.6 Å². The highest BCUT2D eigenvalue weighted by Gasteiger charge is 2.08. The molecule has 1 amide bonds. The molecular formula is C21H16N6O2. The number of nitrogens with zero attached hydrogens (tertiary/aromatic N) is 3. The van der Waals surface area contributed by atoms with Gasteiger partial charge >= 0.3 is 0 Å². The third-order valence-electron chi connectivity index (χ3n) is 4.04. The van der Waals surface area contributed by atoms with E-state index in [1.54, 1.807) is 18.2 Å². The molecule has 0 aliphatic rings. The Morgan fingerprint density at radius 2 is 1.69 bits per heavy atom. The summed E-state index contributed by atoms with van der Waals surface area (Å²) in [6.07, 6.45) is 1.50. The van der Waals surface area contributed by atoms with E-state index in [0.717, 1.165) is 16.9 Å². The predicted octanol–water partition coefficient (Wildman–Crippen LogP) is 3.22. The van der Waals surface area contributed by atoms with Crippen LogP contribution in [0.3, 0.4) is 0 Å². The number of hydrogen-bond acceptors (Lipinski definition) is 6. The van der Waals surface area contributed by atoms with Gasteiger partial charge in [-0.25, -0.2) is 15.1 Å². The number of anilines is 3. The van der Waals surface area contributed by atoms with E-state index < -0.39 is 5.91 Å². The third kappa shape index (κ3) is 4.51. The van der Waals surface area contributed by atoms with E-state index in [4.69, 9.17) is 0 Å². The second-order valence-electron chi connectivity index (χ2n) is 6.12. The molecule has 2 heterocycles. The van der Waals surface area contributed by atoms with Gasteiger partial charge in [-0.15, -0.1) is 0 Å². The Kier molecular flexibility index (Phi) is 5.06. The number of rotatable bonds is 5. The van der Waals surface area contributed by atoms with Gasteiger partial charge in [0.25, 0.3) is 11.5 Å². The smallest absolute Gasteiger partial charge is 0.276 e. The zero-order chi connectivity index (χ0) is 20.1. The molecule has 4 aromatic rings. The molecule has 2 aromatic carbocycles. The van der Waals surface area contributed by atoms with Crippen LogP contribution in [0.1, 0.15) is 10.5 Å². The van der Waals surface area contributed by atoms with Gasteiger partial charge in [0.2, 0.25) is 0 Å². The monoisotopic (exact) mass is 384 g/mol. The molecule has 0 bridgehead atoms. The minimum Gasteiger partial charge on any atom is -0.340 e. The van der Waals surface area contributed by atoms with E-state index in [9.17, 15) is 9.59 Å². The Bertz CT molecular complexity index is 1190. The molecule has 0 aliphatic carbocycles. The molecule has 0 radical (unpaired) electrons. The van der Waals surface area contributed by atoms with E-state index in [-0.39, 0.29) is 11.3 Å². The van der Waals surface area contributed by atoms with Crippen molar-refractivity contribution < 1.29 is 4.79 Å². The van der Waals surface area contributed by atoms with E-state index >= 15 is 0 Å². The lowest BCUT2D eigenvalue weighted by atomic mass is 10.1. The molecule has 0 spiro atoms. The van der Waals surface area contributed by atoms with Crippen LogP contribution in [0.5, 0.6) is 0 Å². The van der Waals surface area contributed by atoms with Crippen LogP contribution >= 0.6 is 0 Å². The van der Waals surface area contributed by atoms with E-state index in [1.807, 2.05) is 42.5 Å². The van der Waals surface area contributed by atoms with Crippen LogP contribution in [0.15, 0.2) is 83.9 Å². The largest absolute Gasteiger partial charge is 0.340 e. The van der Waals surface area contributed by atoms with Crippen molar-refractivity contribution in [2.24, 2.45) is 0 Å². The van der Waals surface area contributed by atoms with Crippen LogP contribution in [0.2, 0.25) is 0 Å². The van der Waals surface area contributed by atoms with Crippen molar-refractivity contribution >= 4 is 23.1 Å². The highest BCUT2D eigenvalue weighted by Crippen LogP contribution is 2.22. The summed E-state index contributed by atoms with van der Waals surface area (Å²) in [6, 6.07) is 21.5. The summed E-state index contributed by atoms with van der Waals surface area (Å²) in [5.74, 6) is 0.205. The normalized spacial score (nSPS) is 10.3. The molecule has 0 saturated heterocycles. The minimum atomic E-state index is -0.424. The standard InChI is InChI=1S/C21H16N6O2/c28-20-10-9-17(26-27-20)21(29)25-16-8-4-7-15(11-16)24-19-12-18(22-13-23-19)14-5-2-1-3-6-14/h1-13H,(H,25,29)(H,27,28)(H,22,23,24). The lowest BCUT2D eigenvalue weighted by Crippen LogP contribution is -2.17. The zero-order valence-corrected chi connectivity index (χ0v) is 15.2. The Morgan fingerprint density at radius 3 is 2.48 bits per heavy atom. The van der Waals surface area contributed by atoms with Crippen LogP contribution in [-0.2, 0) is 0 Å². The molecule has 142 valence electrons. The fraction of sp³-hybridized carbons (Fsp3) is 0. The first-order valence-corrected chi connectivity index (χ1v) is 8.79. The fourth-order valence-corrected chi connectivity index (χ4v) is 2.68. The Balaban J connectivity index is 1.50. The average Bonchev–Trinajstić information content (AvgIpc) is 2.75. The number of carbonyl (C=O) groups is 1. The van der Waals surface area contributed by atoms with Crippen LogP contribution in [0.25, 0.3) is 11.3 Å². The molecule has 0 unspecified atom stereocenters. The average molecular weight is 384 g/mol. The predicted molar refractivity (Wildman–Crippen MR) is 110 cm³/mol.